The number of aliphatic hydroxyl groups excluding tert-OH is 2. The van der Waals surface area contributed by atoms with Gasteiger partial charge in [0.05, 0.1) is 12.2 Å². The minimum Gasteiger partial charge on any atom is -0.388 e. The van der Waals surface area contributed by atoms with E-state index in [0.717, 1.165) is 12.8 Å². The number of likely N-dealkylation sites (tertiary alicyclic amines) is 1. The van der Waals surface area contributed by atoms with Gasteiger partial charge < -0.3 is 20.8 Å². The number of nitrogens with zero attached hydrogens (tertiary/aromatic N) is 1. The fraction of sp³-hybridized carbons (Fsp3) is 0.900. The van der Waals surface area contributed by atoms with Crippen LogP contribution in [0.1, 0.15) is 19.3 Å². The number of hydrogen-bond donors (Lipinski definition) is 3. The van der Waals surface area contributed by atoms with Crippen molar-refractivity contribution in [1.29, 1.82) is 0 Å². The summed E-state index contributed by atoms with van der Waals surface area (Å²) < 4.78 is 0. The summed E-state index contributed by atoms with van der Waals surface area (Å²) in [6.07, 6.45) is 0.987. The number of carbonyl (C=O) groups excluding carboxylic acids is 1. The molecule has 1 saturated carbocycles. The zero-order valence-corrected chi connectivity index (χ0v) is 8.67. The highest BCUT2D eigenvalue weighted by molar-refractivity contribution is 5.77. The topological polar surface area (TPSA) is 86.8 Å². The lowest BCUT2D eigenvalue weighted by Gasteiger charge is -2.18. The lowest BCUT2D eigenvalue weighted by Crippen LogP contribution is -2.36. The van der Waals surface area contributed by atoms with E-state index < -0.39 is 12.2 Å². The fourth-order valence-corrected chi connectivity index (χ4v) is 1.99. The van der Waals surface area contributed by atoms with Gasteiger partial charge in [0.1, 0.15) is 0 Å². The highest BCUT2D eigenvalue weighted by Crippen LogP contribution is 2.33. The predicted octanol–water partition coefficient (Wildman–Crippen LogP) is -1.32. The highest BCUT2D eigenvalue weighted by atomic mass is 16.3. The molecule has 5 heteroatoms. The molecule has 0 radical (unpaired) electrons. The Morgan fingerprint density at radius 2 is 1.87 bits per heavy atom. The van der Waals surface area contributed by atoms with E-state index in [0.29, 0.717) is 12.3 Å². The standard InChI is InChI=1S/C10H18N2O3/c11-7(6-1-2-6)3-10(15)12-4-8(13)9(14)5-12/h6-9,13-14H,1-5,11H2. The van der Waals surface area contributed by atoms with Crippen LogP contribution in [0.25, 0.3) is 0 Å². The lowest BCUT2D eigenvalue weighted by molar-refractivity contribution is -0.131. The van der Waals surface area contributed by atoms with Gasteiger partial charge in [-0.3, -0.25) is 4.79 Å². The summed E-state index contributed by atoms with van der Waals surface area (Å²) in [5.74, 6) is 0.455. The molecule has 1 heterocycles. The molecule has 2 fully saturated rings. The van der Waals surface area contributed by atoms with Crippen LogP contribution < -0.4 is 5.73 Å². The number of nitrogens with two attached hydrogens (primary N) is 1. The Kier molecular flexibility index (Phi) is 2.95. The van der Waals surface area contributed by atoms with E-state index in [1.807, 2.05) is 0 Å². The van der Waals surface area contributed by atoms with Crippen LogP contribution in [0, 0.1) is 5.92 Å². The summed E-state index contributed by atoms with van der Waals surface area (Å²) in [6.45, 7) is 0.467. The van der Waals surface area contributed by atoms with Crippen molar-refractivity contribution in [3.63, 3.8) is 0 Å². The zero-order valence-electron chi connectivity index (χ0n) is 8.67. The second kappa shape index (κ2) is 4.08. The molecule has 4 N–H and O–H groups in total. The quantitative estimate of drug-likeness (QED) is 0.543. The maximum atomic E-state index is 11.7. The summed E-state index contributed by atoms with van der Waals surface area (Å²) in [6, 6.07) is -0.0487. The Balaban J connectivity index is 1.80. The molecule has 1 amide bonds. The van der Waals surface area contributed by atoms with Crippen molar-refractivity contribution in [3.05, 3.63) is 0 Å². The maximum Gasteiger partial charge on any atom is 0.224 e. The monoisotopic (exact) mass is 214 g/mol. The van der Waals surface area contributed by atoms with Gasteiger partial charge in [-0.2, -0.15) is 0 Å². The number of β-amino-alcohol motifs (C(OH)–C–C–N with tert-alkyl or cyclic N) is 2. The van der Waals surface area contributed by atoms with Crippen LogP contribution in [0.5, 0.6) is 0 Å². The number of amides is 1. The average Bonchev–Trinajstić information content (AvgIpc) is 2.95. The number of aliphatic hydroxyl groups is 2. The number of rotatable bonds is 3. The Labute approximate surface area is 88.9 Å². The molecule has 3 atom stereocenters. The molecule has 0 aromatic rings. The van der Waals surface area contributed by atoms with Crippen molar-refractivity contribution in [1.82, 2.24) is 4.90 Å². The van der Waals surface area contributed by atoms with E-state index in [2.05, 4.69) is 0 Å². The van der Waals surface area contributed by atoms with Gasteiger partial charge in [-0.1, -0.05) is 0 Å². The van der Waals surface area contributed by atoms with E-state index in [-0.39, 0.29) is 25.0 Å². The van der Waals surface area contributed by atoms with Gasteiger partial charge in [-0.05, 0) is 18.8 Å². The predicted molar refractivity (Wildman–Crippen MR) is 53.9 cm³/mol. The smallest absolute Gasteiger partial charge is 0.224 e. The lowest BCUT2D eigenvalue weighted by atomic mass is 10.1. The molecular weight excluding hydrogens is 196 g/mol. The van der Waals surface area contributed by atoms with Crippen molar-refractivity contribution in [2.24, 2.45) is 11.7 Å². The van der Waals surface area contributed by atoms with E-state index in [1.165, 1.54) is 4.90 Å². The van der Waals surface area contributed by atoms with Crippen molar-refractivity contribution < 1.29 is 15.0 Å². The average molecular weight is 214 g/mol. The summed E-state index contributed by atoms with van der Waals surface area (Å²) >= 11 is 0. The molecule has 0 spiro atoms. The highest BCUT2D eigenvalue weighted by Gasteiger charge is 2.35. The third kappa shape index (κ3) is 2.48. The van der Waals surface area contributed by atoms with Crippen LogP contribution in [-0.2, 0) is 4.79 Å². The molecule has 2 rings (SSSR count). The molecular formula is C10H18N2O3. The first-order chi connectivity index (χ1) is 7.08. The normalized spacial score (nSPS) is 33.1. The van der Waals surface area contributed by atoms with Gasteiger partial charge >= 0.3 is 0 Å². The summed E-state index contributed by atoms with van der Waals surface area (Å²) in [5.41, 5.74) is 5.84. The summed E-state index contributed by atoms with van der Waals surface area (Å²) in [4.78, 5) is 13.2. The summed E-state index contributed by atoms with van der Waals surface area (Å²) in [5, 5.41) is 18.6. The van der Waals surface area contributed by atoms with Gasteiger partial charge in [0, 0.05) is 25.6 Å². The molecule has 1 aliphatic carbocycles. The number of hydrogen-bond acceptors (Lipinski definition) is 4. The molecule has 0 aromatic heterocycles. The minimum absolute atomic E-state index is 0.0487. The van der Waals surface area contributed by atoms with E-state index >= 15 is 0 Å². The first-order valence-corrected chi connectivity index (χ1v) is 5.47. The first kappa shape index (κ1) is 10.9. The van der Waals surface area contributed by atoms with Crippen LogP contribution >= 0.6 is 0 Å². The van der Waals surface area contributed by atoms with E-state index in [9.17, 15) is 15.0 Å². The molecule has 1 saturated heterocycles. The van der Waals surface area contributed by atoms with Gasteiger partial charge in [0.25, 0.3) is 0 Å². The third-order valence-corrected chi connectivity index (χ3v) is 3.25. The van der Waals surface area contributed by atoms with Crippen LogP contribution in [0.4, 0.5) is 0 Å². The second-order valence-electron chi connectivity index (χ2n) is 4.64. The molecule has 15 heavy (non-hydrogen) atoms. The van der Waals surface area contributed by atoms with E-state index in [1.54, 1.807) is 0 Å². The van der Waals surface area contributed by atoms with Gasteiger partial charge in [-0.25, -0.2) is 0 Å². The van der Waals surface area contributed by atoms with Gasteiger partial charge in [-0.15, -0.1) is 0 Å². The summed E-state index contributed by atoms with van der Waals surface area (Å²) in [7, 11) is 0. The minimum atomic E-state index is -0.800. The number of carbonyl (C=O) groups is 1. The second-order valence-corrected chi connectivity index (χ2v) is 4.64. The van der Waals surface area contributed by atoms with Crippen LogP contribution in [0.2, 0.25) is 0 Å². The van der Waals surface area contributed by atoms with Crippen molar-refractivity contribution in [2.75, 3.05) is 13.1 Å². The van der Waals surface area contributed by atoms with Gasteiger partial charge in [0.15, 0.2) is 0 Å². The maximum absolute atomic E-state index is 11.7. The molecule has 0 aromatic carbocycles. The van der Waals surface area contributed by atoms with Gasteiger partial charge in [0.2, 0.25) is 5.91 Å². The molecule has 0 bridgehead atoms. The molecule has 2 aliphatic rings. The fourth-order valence-electron chi connectivity index (χ4n) is 1.99. The Hall–Kier alpha value is -0.650. The molecule has 86 valence electrons. The first-order valence-electron chi connectivity index (χ1n) is 5.47. The Morgan fingerprint density at radius 3 is 2.33 bits per heavy atom. The molecule has 1 aliphatic heterocycles. The van der Waals surface area contributed by atoms with Crippen LogP contribution in [0.3, 0.4) is 0 Å². The SMILES string of the molecule is NC(CC(=O)N1CC(O)C(O)C1)C1CC1. The van der Waals surface area contributed by atoms with Crippen molar-refractivity contribution in [3.8, 4) is 0 Å². The van der Waals surface area contributed by atoms with Crippen LogP contribution in [-0.4, -0.2) is 52.4 Å². The van der Waals surface area contributed by atoms with Crippen molar-refractivity contribution in [2.45, 2.75) is 37.5 Å². The van der Waals surface area contributed by atoms with E-state index in [4.69, 9.17) is 5.73 Å². The largest absolute Gasteiger partial charge is 0.388 e. The molecule has 5 nitrogen and oxygen atoms in total. The Morgan fingerprint density at radius 1 is 1.33 bits per heavy atom. The zero-order chi connectivity index (χ0) is 11.0. The third-order valence-electron chi connectivity index (χ3n) is 3.25. The van der Waals surface area contributed by atoms with Crippen LogP contribution in [0.15, 0.2) is 0 Å². The Bertz CT molecular complexity index is 245. The molecule has 3 unspecified atom stereocenters. The van der Waals surface area contributed by atoms with Crippen molar-refractivity contribution >= 4 is 5.91 Å².